The van der Waals surface area contributed by atoms with Crippen molar-refractivity contribution in [2.24, 2.45) is 14.1 Å². The van der Waals surface area contributed by atoms with Crippen molar-refractivity contribution in [2.75, 3.05) is 5.75 Å². The molecule has 2 rings (SSSR count). The van der Waals surface area contributed by atoms with Crippen LogP contribution >= 0.6 is 11.8 Å². The van der Waals surface area contributed by atoms with Crippen LogP contribution < -0.4 is 0 Å². The minimum Gasteiger partial charge on any atom is -0.481 e. The Labute approximate surface area is 108 Å². The third kappa shape index (κ3) is 2.37. The summed E-state index contributed by atoms with van der Waals surface area (Å²) in [5, 5.41) is 17.6. The summed E-state index contributed by atoms with van der Waals surface area (Å²) >= 11 is 1.15. The molecule has 0 amide bonds. The van der Waals surface area contributed by atoms with Crippen molar-refractivity contribution in [1.29, 1.82) is 0 Å². The van der Waals surface area contributed by atoms with E-state index < -0.39 is 5.97 Å². The van der Waals surface area contributed by atoms with Crippen molar-refractivity contribution in [2.45, 2.75) is 12.1 Å². The molecule has 2 aromatic rings. The molecule has 0 aliphatic rings. The van der Waals surface area contributed by atoms with Gasteiger partial charge in [0.2, 0.25) is 0 Å². The maximum atomic E-state index is 10.5. The second-order valence-corrected chi connectivity index (χ2v) is 4.73. The van der Waals surface area contributed by atoms with Gasteiger partial charge in [-0.3, -0.25) is 9.48 Å². The van der Waals surface area contributed by atoms with Gasteiger partial charge in [-0.2, -0.15) is 10.2 Å². The van der Waals surface area contributed by atoms with Crippen molar-refractivity contribution in [1.82, 2.24) is 24.5 Å². The van der Waals surface area contributed by atoms with Gasteiger partial charge < -0.3 is 5.11 Å². The summed E-state index contributed by atoms with van der Waals surface area (Å²) in [4.78, 5) is 14.9. The third-order valence-corrected chi connectivity index (χ3v) is 3.53. The molecule has 0 radical (unpaired) electrons. The van der Waals surface area contributed by atoms with Crippen molar-refractivity contribution < 1.29 is 9.90 Å². The van der Waals surface area contributed by atoms with Crippen LogP contribution in [0, 0.1) is 6.92 Å². The highest BCUT2D eigenvalue weighted by Crippen LogP contribution is 2.22. The van der Waals surface area contributed by atoms with Crippen LogP contribution in [0.2, 0.25) is 0 Å². The standard InChI is InChI=1S/C10H13N5O2S/c1-6-7(4-11-14(6)2)9-12-10(15(3)13-9)18-5-8(16)17/h4H,5H2,1-3H3,(H,16,17). The lowest BCUT2D eigenvalue weighted by Crippen LogP contribution is -2.00. The molecular weight excluding hydrogens is 254 g/mol. The number of thioether (sulfide) groups is 1. The van der Waals surface area contributed by atoms with Gasteiger partial charge in [0.25, 0.3) is 0 Å². The third-order valence-electron chi connectivity index (χ3n) is 2.52. The van der Waals surface area contributed by atoms with Gasteiger partial charge in [-0.25, -0.2) is 9.67 Å². The molecule has 0 bridgehead atoms. The number of aromatic nitrogens is 5. The summed E-state index contributed by atoms with van der Waals surface area (Å²) < 4.78 is 3.32. The molecule has 0 aliphatic carbocycles. The first kappa shape index (κ1) is 12.6. The molecule has 1 N–H and O–H groups in total. The molecular formula is C10H13N5O2S. The molecule has 7 nitrogen and oxygen atoms in total. The number of carbonyl (C=O) groups is 1. The van der Waals surface area contributed by atoms with Gasteiger partial charge in [0.05, 0.1) is 17.5 Å². The van der Waals surface area contributed by atoms with Crippen LogP contribution in [0.4, 0.5) is 0 Å². The van der Waals surface area contributed by atoms with Gasteiger partial charge in [0.1, 0.15) is 0 Å². The Bertz CT molecular complexity index is 589. The monoisotopic (exact) mass is 267 g/mol. The van der Waals surface area contributed by atoms with E-state index in [0.29, 0.717) is 11.0 Å². The Balaban J connectivity index is 2.28. The van der Waals surface area contributed by atoms with E-state index in [1.54, 1.807) is 22.6 Å². The van der Waals surface area contributed by atoms with E-state index in [-0.39, 0.29) is 5.75 Å². The number of aliphatic carboxylic acids is 1. The Morgan fingerprint density at radius 2 is 2.17 bits per heavy atom. The largest absolute Gasteiger partial charge is 0.481 e. The zero-order valence-corrected chi connectivity index (χ0v) is 11.1. The lowest BCUT2D eigenvalue weighted by molar-refractivity contribution is -0.133. The fourth-order valence-electron chi connectivity index (χ4n) is 1.45. The van der Waals surface area contributed by atoms with Gasteiger partial charge in [0, 0.05) is 19.8 Å². The first-order chi connectivity index (χ1) is 8.49. The van der Waals surface area contributed by atoms with E-state index in [4.69, 9.17) is 5.11 Å². The van der Waals surface area contributed by atoms with Crippen LogP contribution in [0.3, 0.4) is 0 Å². The lowest BCUT2D eigenvalue weighted by atomic mass is 10.2. The minimum absolute atomic E-state index is 0.0298. The number of hydrogen-bond donors (Lipinski definition) is 1. The molecule has 8 heteroatoms. The molecule has 2 heterocycles. The highest BCUT2D eigenvalue weighted by atomic mass is 32.2. The first-order valence-corrected chi connectivity index (χ1v) is 6.22. The van der Waals surface area contributed by atoms with Gasteiger partial charge in [0.15, 0.2) is 11.0 Å². The predicted octanol–water partition coefficient (Wildman–Crippen LogP) is 0.701. The average Bonchev–Trinajstić information content (AvgIpc) is 2.82. The molecule has 0 atom stereocenters. The molecule has 0 saturated carbocycles. The number of rotatable bonds is 4. The second-order valence-electron chi connectivity index (χ2n) is 3.79. The minimum atomic E-state index is -0.873. The zero-order chi connectivity index (χ0) is 13.3. The maximum absolute atomic E-state index is 10.5. The fourth-order valence-corrected chi connectivity index (χ4v) is 2.09. The molecule has 0 spiro atoms. The maximum Gasteiger partial charge on any atom is 0.313 e. The van der Waals surface area contributed by atoms with Crippen LogP contribution in [0.25, 0.3) is 11.4 Å². The van der Waals surface area contributed by atoms with E-state index in [1.807, 2.05) is 14.0 Å². The van der Waals surface area contributed by atoms with Crippen molar-refractivity contribution >= 4 is 17.7 Å². The fraction of sp³-hybridized carbons (Fsp3) is 0.400. The summed E-state index contributed by atoms with van der Waals surface area (Å²) in [5.74, 6) is -0.337. The van der Waals surface area contributed by atoms with Crippen LogP contribution in [0.1, 0.15) is 5.69 Å². The highest BCUT2D eigenvalue weighted by molar-refractivity contribution is 7.99. The summed E-state index contributed by atoms with van der Waals surface area (Å²) in [6.07, 6.45) is 1.70. The molecule has 0 saturated heterocycles. The van der Waals surface area contributed by atoms with E-state index in [9.17, 15) is 4.79 Å². The van der Waals surface area contributed by atoms with Gasteiger partial charge in [-0.15, -0.1) is 0 Å². The number of carboxylic acids is 1. The topological polar surface area (TPSA) is 85.8 Å². The van der Waals surface area contributed by atoms with Gasteiger partial charge >= 0.3 is 5.97 Å². The Morgan fingerprint density at radius 1 is 1.44 bits per heavy atom. The van der Waals surface area contributed by atoms with Crippen LogP contribution in [0.5, 0.6) is 0 Å². The zero-order valence-electron chi connectivity index (χ0n) is 10.3. The predicted molar refractivity (Wildman–Crippen MR) is 66.3 cm³/mol. The smallest absolute Gasteiger partial charge is 0.313 e. The van der Waals surface area contributed by atoms with Gasteiger partial charge in [-0.1, -0.05) is 11.8 Å². The van der Waals surface area contributed by atoms with E-state index >= 15 is 0 Å². The van der Waals surface area contributed by atoms with Gasteiger partial charge in [-0.05, 0) is 6.92 Å². The molecule has 0 fully saturated rings. The summed E-state index contributed by atoms with van der Waals surface area (Å²) in [6.45, 7) is 1.93. The van der Waals surface area contributed by atoms with Crippen molar-refractivity contribution in [3.63, 3.8) is 0 Å². The highest BCUT2D eigenvalue weighted by Gasteiger charge is 2.14. The van der Waals surface area contributed by atoms with Crippen molar-refractivity contribution in [3.05, 3.63) is 11.9 Å². The Morgan fingerprint density at radius 3 is 2.72 bits per heavy atom. The van der Waals surface area contributed by atoms with Crippen LogP contribution in [-0.4, -0.2) is 41.4 Å². The van der Waals surface area contributed by atoms with Crippen molar-refractivity contribution in [3.8, 4) is 11.4 Å². The number of hydrogen-bond acceptors (Lipinski definition) is 5. The molecule has 96 valence electrons. The first-order valence-electron chi connectivity index (χ1n) is 5.23. The number of carboxylic acid groups (broad SMARTS) is 1. The summed E-state index contributed by atoms with van der Waals surface area (Å²) in [5.41, 5.74) is 1.82. The lowest BCUT2D eigenvalue weighted by Gasteiger charge is -1.94. The number of nitrogens with zero attached hydrogens (tertiary/aromatic N) is 5. The normalized spacial score (nSPS) is 10.8. The Kier molecular flexibility index (Phi) is 3.37. The van der Waals surface area contributed by atoms with Crippen LogP contribution in [-0.2, 0) is 18.9 Å². The Hall–Kier alpha value is -1.83. The summed E-state index contributed by atoms with van der Waals surface area (Å²) in [6, 6.07) is 0. The van der Waals surface area contributed by atoms with Crippen LogP contribution in [0.15, 0.2) is 11.4 Å². The summed E-state index contributed by atoms with van der Waals surface area (Å²) in [7, 11) is 3.59. The number of aryl methyl sites for hydroxylation is 2. The molecule has 2 aromatic heterocycles. The van der Waals surface area contributed by atoms with E-state index in [1.165, 1.54) is 0 Å². The molecule has 0 aromatic carbocycles. The second kappa shape index (κ2) is 4.81. The average molecular weight is 267 g/mol. The van der Waals surface area contributed by atoms with E-state index in [0.717, 1.165) is 23.0 Å². The molecule has 18 heavy (non-hydrogen) atoms. The quantitative estimate of drug-likeness (QED) is 0.821. The van der Waals surface area contributed by atoms with E-state index in [2.05, 4.69) is 15.2 Å². The SMILES string of the molecule is Cc1c(-c2nc(SCC(=O)O)n(C)n2)cnn1C. The molecule has 0 aliphatic heterocycles. The molecule has 0 unspecified atom stereocenters.